The van der Waals surface area contributed by atoms with Gasteiger partial charge in [-0.15, -0.1) is 0 Å². The summed E-state index contributed by atoms with van der Waals surface area (Å²) in [5.41, 5.74) is 0. The first-order chi connectivity index (χ1) is 4.64. The summed E-state index contributed by atoms with van der Waals surface area (Å²) in [6.45, 7) is 0. The Bertz CT molecular complexity index is 215. The van der Waals surface area contributed by atoms with Crippen molar-refractivity contribution in [2.45, 2.75) is 0 Å². The predicted octanol–water partition coefficient (Wildman–Crippen LogP) is -2.20. The minimum absolute atomic E-state index is 1.82. The van der Waals surface area contributed by atoms with Crippen LogP contribution in [0.4, 0.5) is 0 Å². The monoisotopic (exact) mass is 340 g/mol. The van der Waals surface area contributed by atoms with Crippen LogP contribution in [0.3, 0.4) is 0 Å². The average Bonchev–Trinajstić information content (AvgIpc) is 1.59. The first-order valence-electron chi connectivity index (χ1n) is 1.80. The molecule has 0 aliphatic carbocycles. The molecule has 0 heterocycles. The number of carboxylic acid groups (broad SMARTS) is 2. The van der Waals surface area contributed by atoms with Crippen LogP contribution in [-0.2, 0) is 33.1 Å². The molecule has 0 atom stereocenters. The fourth-order valence-corrected chi connectivity index (χ4v) is 0. The molecule has 9 heteroatoms. The summed E-state index contributed by atoms with van der Waals surface area (Å²) >= 11 is -5.67. The Balaban J connectivity index is 0. The van der Waals surface area contributed by atoms with Gasteiger partial charge in [0, 0.05) is 0 Å². The fraction of sp³-hybridized carbons (Fsp3) is 0. The van der Waals surface area contributed by atoms with Gasteiger partial charge in [-0.05, 0) is 0 Å². The Morgan fingerprint density at radius 1 is 0.909 bits per heavy atom. The summed E-state index contributed by atoms with van der Waals surface area (Å²) in [7, 11) is 0. The summed E-state index contributed by atoms with van der Waals surface area (Å²) in [4.78, 5) is 18.2. The molecule has 0 aliphatic heterocycles. The van der Waals surface area contributed by atoms with Crippen LogP contribution in [0.25, 0.3) is 0 Å². The van der Waals surface area contributed by atoms with E-state index in [0.717, 1.165) is 0 Å². The Morgan fingerprint density at radius 2 is 1.00 bits per heavy atom. The zero-order chi connectivity index (χ0) is 9.65. The van der Waals surface area contributed by atoms with Crippen LogP contribution in [0.15, 0.2) is 0 Å². The van der Waals surface area contributed by atoms with E-state index in [4.69, 9.17) is 34.1 Å². The number of aliphatic carboxylic acids is 2. The SMILES string of the molecule is O=C(O)C(=O)O.[O]=[W](=[O])([OH])[OH]. The standard InChI is InChI=1S/C2H2O4.2H2O.2O.W/c3-1(4)2(5)6;;;;;/h(H,3,4)(H,5,6);2*1H2;;;/q;;;;;+2/p-2. The third kappa shape index (κ3) is 47.2. The summed E-state index contributed by atoms with van der Waals surface area (Å²) in [6.07, 6.45) is 0. The Labute approximate surface area is 63.4 Å². The van der Waals surface area contributed by atoms with Crippen LogP contribution < -0.4 is 0 Å². The van der Waals surface area contributed by atoms with Crippen molar-refractivity contribution in [2.24, 2.45) is 0 Å². The molecule has 0 aromatic carbocycles. The van der Waals surface area contributed by atoms with E-state index in [9.17, 15) is 0 Å². The maximum absolute atomic E-state index is 9.10. The number of hydrogen-bond donors (Lipinski definition) is 4. The van der Waals surface area contributed by atoms with Gasteiger partial charge in [0.2, 0.25) is 0 Å². The molecule has 8 nitrogen and oxygen atoms in total. The van der Waals surface area contributed by atoms with E-state index in [2.05, 4.69) is 0 Å². The molecule has 0 amide bonds. The van der Waals surface area contributed by atoms with Crippen molar-refractivity contribution in [2.75, 3.05) is 0 Å². The molecule has 0 fully saturated rings. The Hall–Kier alpha value is -0.852. The zero-order valence-corrected chi connectivity index (χ0v) is 7.76. The molecule has 0 unspecified atom stereocenters. The first kappa shape index (κ1) is 12.8. The van der Waals surface area contributed by atoms with Gasteiger partial charge in [-0.25, -0.2) is 9.59 Å². The van der Waals surface area contributed by atoms with Gasteiger partial charge in [0.15, 0.2) is 0 Å². The van der Waals surface area contributed by atoms with Crippen molar-refractivity contribution in [1.82, 2.24) is 0 Å². The number of carboxylic acids is 2. The van der Waals surface area contributed by atoms with Crippen LogP contribution in [0.1, 0.15) is 0 Å². The van der Waals surface area contributed by atoms with Crippen LogP contribution in [0, 0.1) is 0 Å². The molecule has 0 saturated carbocycles. The molecule has 0 saturated heterocycles. The Kier molecular flexibility index (Phi) is 5.68. The van der Waals surface area contributed by atoms with Gasteiger partial charge < -0.3 is 10.2 Å². The van der Waals surface area contributed by atoms with Crippen molar-refractivity contribution in [3.05, 3.63) is 0 Å². The molecule has 0 rings (SSSR count). The summed E-state index contributed by atoms with van der Waals surface area (Å²) in [6, 6.07) is 0. The van der Waals surface area contributed by atoms with Crippen molar-refractivity contribution in [1.29, 1.82) is 0 Å². The molecule has 0 aliphatic rings. The molecule has 0 radical (unpaired) electrons. The second-order valence-corrected chi connectivity index (χ2v) is 4.28. The summed E-state index contributed by atoms with van der Waals surface area (Å²) < 4.78 is 32.1. The predicted molar refractivity (Wildman–Crippen MR) is 21.1 cm³/mol. The summed E-state index contributed by atoms with van der Waals surface area (Å²) in [5, 5.41) is 14.8. The molecule has 66 valence electrons. The van der Waals surface area contributed by atoms with Gasteiger partial charge in [0.05, 0.1) is 0 Å². The second kappa shape index (κ2) is 4.89. The van der Waals surface area contributed by atoms with Crippen LogP contribution >= 0.6 is 0 Å². The fourth-order valence-electron chi connectivity index (χ4n) is 0. The van der Waals surface area contributed by atoms with Gasteiger partial charge >= 0.3 is 43.0 Å². The average molecular weight is 340 g/mol. The van der Waals surface area contributed by atoms with Gasteiger partial charge in [-0.3, -0.25) is 0 Å². The van der Waals surface area contributed by atoms with Gasteiger partial charge in [-0.1, -0.05) is 0 Å². The van der Waals surface area contributed by atoms with E-state index >= 15 is 0 Å². The third-order valence-corrected chi connectivity index (χ3v) is 0.183. The van der Waals surface area contributed by atoms with Crippen molar-refractivity contribution < 1.29 is 50.9 Å². The molecule has 0 bridgehead atoms. The second-order valence-electron chi connectivity index (χ2n) is 1.06. The maximum atomic E-state index is 9.10. The molecular weight excluding hydrogens is 336 g/mol. The van der Waals surface area contributed by atoms with Crippen molar-refractivity contribution >= 4 is 11.9 Å². The molecule has 0 spiro atoms. The zero-order valence-electron chi connectivity index (χ0n) is 4.83. The quantitative estimate of drug-likeness (QED) is 0.363. The Morgan fingerprint density at radius 3 is 1.00 bits per heavy atom. The van der Waals surface area contributed by atoms with E-state index < -0.39 is 28.7 Å². The summed E-state index contributed by atoms with van der Waals surface area (Å²) in [5.74, 6) is -3.65. The van der Waals surface area contributed by atoms with Crippen LogP contribution in [0.5, 0.6) is 0 Å². The minimum atomic E-state index is -5.67. The molecular formula is C2H4O8W. The number of hydrogen-bond acceptors (Lipinski definition) is 4. The first-order valence-corrected chi connectivity index (χ1v) is 6.82. The van der Waals surface area contributed by atoms with E-state index in [-0.39, 0.29) is 0 Å². The van der Waals surface area contributed by atoms with E-state index in [1.54, 1.807) is 0 Å². The molecule has 0 aromatic rings. The van der Waals surface area contributed by atoms with Gasteiger partial charge in [0.1, 0.15) is 0 Å². The topological polar surface area (TPSA) is 149 Å². The van der Waals surface area contributed by atoms with Crippen molar-refractivity contribution in [3.8, 4) is 0 Å². The van der Waals surface area contributed by atoms with E-state index in [1.165, 1.54) is 0 Å². The number of rotatable bonds is 0. The molecule has 0 aromatic heterocycles. The third-order valence-electron chi connectivity index (χ3n) is 0.183. The van der Waals surface area contributed by atoms with Gasteiger partial charge in [-0.2, -0.15) is 0 Å². The number of carbonyl (C=O) groups is 2. The van der Waals surface area contributed by atoms with Crippen LogP contribution in [0.2, 0.25) is 0 Å². The van der Waals surface area contributed by atoms with Crippen molar-refractivity contribution in [3.63, 3.8) is 0 Å². The van der Waals surface area contributed by atoms with Gasteiger partial charge in [0.25, 0.3) is 0 Å². The molecule has 11 heavy (non-hydrogen) atoms. The molecule has 4 N–H and O–H groups in total. The van der Waals surface area contributed by atoms with Crippen LogP contribution in [-0.4, -0.2) is 29.7 Å². The van der Waals surface area contributed by atoms with E-state index in [0.29, 0.717) is 0 Å². The van der Waals surface area contributed by atoms with E-state index in [1.807, 2.05) is 0 Å². The normalized spacial score (nSPS) is 9.27.